The van der Waals surface area contributed by atoms with Crippen molar-refractivity contribution in [2.24, 2.45) is 0 Å². The molecule has 0 spiro atoms. The molecule has 3 heterocycles. The molecule has 3 aromatic rings. The molecule has 0 saturated heterocycles. The summed E-state index contributed by atoms with van der Waals surface area (Å²) in [7, 11) is 0. The number of nitrogens with one attached hydrogen (secondary N) is 1. The van der Waals surface area contributed by atoms with Crippen molar-refractivity contribution < 1.29 is 9.53 Å². The van der Waals surface area contributed by atoms with Crippen LogP contribution in [0.4, 0.5) is 5.69 Å². The standard InChI is InChI=1S/C18H19N3O2S/c1-3-8-23-18(22)15-11-20-17-14(7-6-12(2)21-17)16(15)19-10-13-5-4-9-24-13/h4-7,9,11H,3,8,10H2,1-2H3,(H,19,20,21). The Bertz CT molecular complexity index is 847. The first kappa shape index (κ1) is 16.4. The fourth-order valence-corrected chi connectivity index (χ4v) is 3.02. The van der Waals surface area contributed by atoms with Gasteiger partial charge in [-0.25, -0.2) is 14.8 Å². The molecule has 0 fully saturated rings. The molecule has 5 nitrogen and oxygen atoms in total. The van der Waals surface area contributed by atoms with Gasteiger partial charge >= 0.3 is 5.97 Å². The third kappa shape index (κ3) is 3.54. The Hall–Kier alpha value is -2.47. The molecular weight excluding hydrogens is 322 g/mol. The molecule has 3 rings (SSSR count). The Kier molecular flexibility index (Phi) is 5.05. The fourth-order valence-electron chi connectivity index (χ4n) is 2.38. The maximum absolute atomic E-state index is 12.4. The third-order valence-corrected chi connectivity index (χ3v) is 4.42. The molecule has 6 heteroatoms. The zero-order valence-corrected chi connectivity index (χ0v) is 14.5. The predicted molar refractivity (Wildman–Crippen MR) is 96.5 cm³/mol. The highest BCUT2D eigenvalue weighted by Gasteiger charge is 2.17. The Balaban J connectivity index is 2.00. The first-order valence-corrected chi connectivity index (χ1v) is 8.76. The SMILES string of the molecule is CCCOC(=O)c1cnc2nc(C)ccc2c1NCc1cccs1. The largest absolute Gasteiger partial charge is 0.462 e. The van der Waals surface area contributed by atoms with Gasteiger partial charge in [-0.15, -0.1) is 11.3 Å². The second-order valence-electron chi connectivity index (χ2n) is 5.44. The minimum Gasteiger partial charge on any atom is -0.462 e. The van der Waals surface area contributed by atoms with Gasteiger partial charge < -0.3 is 10.1 Å². The van der Waals surface area contributed by atoms with E-state index in [2.05, 4.69) is 21.4 Å². The van der Waals surface area contributed by atoms with Gasteiger partial charge in [0.1, 0.15) is 5.56 Å². The van der Waals surface area contributed by atoms with Crippen molar-refractivity contribution in [1.29, 1.82) is 0 Å². The van der Waals surface area contributed by atoms with E-state index in [1.807, 2.05) is 37.4 Å². The zero-order chi connectivity index (χ0) is 16.9. The number of aromatic nitrogens is 2. The van der Waals surface area contributed by atoms with Crippen molar-refractivity contribution in [2.75, 3.05) is 11.9 Å². The lowest BCUT2D eigenvalue weighted by molar-refractivity contribution is 0.0506. The minimum atomic E-state index is -0.361. The van der Waals surface area contributed by atoms with Crippen molar-refractivity contribution in [3.8, 4) is 0 Å². The second-order valence-corrected chi connectivity index (χ2v) is 6.47. The van der Waals surface area contributed by atoms with Crippen LogP contribution in [0.5, 0.6) is 0 Å². The van der Waals surface area contributed by atoms with Gasteiger partial charge in [0.15, 0.2) is 5.65 Å². The number of hydrogen-bond donors (Lipinski definition) is 1. The number of carbonyl (C=O) groups excluding carboxylic acids is 1. The smallest absolute Gasteiger partial charge is 0.341 e. The highest BCUT2D eigenvalue weighted by molar-refractivity contribution is 7.09. The lowest BCUT2D eigenvalue weighted by atomic mass is 10.1. The van der Waals surface area contributed by atoms with Crippen LogP contribution in [-0.4, -0.2) is 22.5 Å². The molecule has 0 aromatic carbocycles. The summed E-state index contributed by atoms with van der Waals surface area (Å²) in [5.74, 6) is -0.361. The number of aryl methyl sites for hydroxylation is 1. The summed E-state index contributed by atoms with van der Waals surface area (Å²) in [6, 6.07) is 7.92. The lowest BCUT2D eigenvalue weighted by Gasteiger charge is -2.13. The van der Waals surface area contributed by atoms with Gasteiger partial charge in [0.2, 0.25) is 0 Å². The van der Waals surface area contributed by atoms with E-state index >= 15 is 0 Å². The van der Waals surface area contributed by atoms with Crippen LogP contribution in [0.2, 0.25) is 0 Å². The molecule has 24 heavy (non-hydrogen) atoms. The highest BCUT2D eigenvalue weighted by Crippen LogP contribution is 2.27. The summed E-state index contributed by atoms with van der Waals surface area (Å²) in [6.07, 6.45) is 2.33. The van der Waals surface area contributed by atoms with Crippen LogP contribution >= 0.6 is 11.3 Å². The lowest BCUT2D eigenvalue weighted by Crippen LogP contribution is -2.12. The van der Waals surface area contributed by atoms with Crippen LogP contribution in [0, 0.1) is 6.92 Å². The summed E-state index contributed by atoms with van der Waals surface area (Å²) in [5.41, 5.74) is 2.68. The molecule has 1 N–H and O–H groups in total. The molecule has 0 saturated carbocycles. The number of thiophene rings is 1. The van der Waals surface area contributed by atoms with Gasteiger partial charge in [-0.3, -0.25) is 0 Å². The Morgan fingerprint density at radius 3 is 2.96 bits per heavy atom. The normalized spacial score (nSPS) is 10.8. The average molecular weight is 341 g/mol. The van der Waals surface area contributed by atoms with Crippen LogP contribution in [0.15, 0.2) is 35.8 Å². The molecule has 0 radical (unpaired) electrons. The monoisotopic (exact) mass is 341 g/mol. The number of pyridine rings is 2. The van der Waals surface area contributed by atoms with Gasteiger partial charge in [0, 0.05) is 28.7 Å². The minimum absolute atomic E-state index is 0.361. The molecule has 0 aliphatic carbocycles. The molecule has 124 valence electrons. The molecule has 0 aliphatic rings. The van der Waals surface area contributed by atoms with Gasteiger partial charge in [0.05, 0.1) is 12.3 Å². The van der Waals surface area contributed by atoms with Crippen molar-refractivity contribution in [2.45, 2.75) is 26.8 Å². The van der Waals surface area contributed by atoms with Gasteiger partial charge in [0.25, 0.3) is 0 Å². The summed E-state index contributed by atoms with van der Waals surface area (Å²) in [4.78, 5) is 22.3. The number of ether oxygens (including phenoxy) is 1. The van der Waals surface area contributed by atoms with Gasteiger partial charge in [-0.1, -0.05) is 13.0 Å². The van der Waals surface area contributed by atoms with Crippen molar-refractivity contribution in [3.63, 3.8) is 0 Å². The average Bonchev–Trinajstić information content (AvgIpc) is 3.10. The predicted octanol–water partition coefficient (Wildman–Crippen LogP) is 4.18. The first-order valence-electron chi connectivity index (χ1n) is 7.88. The van der Waals surface area contributed by atoms with E-state index in [0.29, 0.717) is 24.4 Å². The summed E-state index contributed by atoms with van der Waals surface area (Å²) >= 11 is 1.67. The van der Waals surface area contributed by atoms with Gasteiger partial charge in [-0.05, 0) is 36.9 Å². The Labute approximate surface area is 144 Å². The van der Waals surface area contributed by atoms with Crippen LogP contribution in [-0.2, 0) is 11.3 Å². The number of esters is 1. The van der Waals surface area contributed by atoms with E-state index in [1.54, 1.807) is 17.5 Å². The molecule has 3 aromatic heterocycles. The van der Waals surface area contributed by atoms with E-state index in [9.17, 15) is 4.79 Å². The topological polar surface area (TPSA) is 64.1 Å². The maximum atomic E-state index is 12.4. The van der Waals surface area contributed by atoms with E-state index in [-0.39, 0.29) is 5.97 Å². The highest BCUT2D eigenvalue weighted by atomic mass is 32.1. The number of nitrogens with zero attached hydrogens (tertiary/aromatic N) is 2. The van der Waals surface area contributed by atoms with Crippen molar-refractivity contribution >= 4 is 34.0 Å². The van der Waals surface area contributed by atoms with Crippen molar-refractivity contribution in [3.05, 3.63) is 52.0 Å². The van der Waals surface area contributed by atoms with Crippen molar-refractivity contribution in [1.82, 2.24) is 9.97 Å². The van der Waals surface area contributed by atoms with Crippen LogP contribution in [0.3, 0.4) is 0 Å². The third-order valence-electron chi connectivity index (χ3n) is 3.55. The van der Waals surface area contributed by atoms with Gasteiger partial charge in [-0.2, -0.15) is 0 Å². The maximum Gasteiger partial charge on any atom is 0.341 e. The zero-order valence-electron chi connectivity index (χ0n) is 13.7. The molecule has 0 atom stereocenters. The van der Waals surface area contributed by atoms with Crippen LogP contribution in [0.25, 0.3) is 11.0 Å². The molecule has 0 aliphatic heterocycles. The van der Waals surface area contributed by atoms with E-state index in [0.717, 1.165) is 23.2 Å². The quantitative estimate of drug-likeness (QED) is 0.682. The summed E-state index contributed by atoms with van der Waals surface area (Å²) in [6.45, 7) is 4.92. The van der Waals surface area contributed by atoms with E-state index < -0.39 is 0 Å². The second kappa shape index (κ2) is 7.40. The number of anilines is 1. The Morgan fingerprint density at radius 1 is 1.33 bits per heavy atom. The molecule has 0 bridgehead atoms. The van der Waals surface area contributed by atoms with Crippen LogP contribution in [0.1, 0.15) is 34.3 Å². The van der Waals surface area contributed by atoms with Crippen LogP contribution < -0.4 is 5.32 Å². The summed E-state index contributed by atoms with van der Waals surface area (Å²) < 4.78 is 5.29. The number of hydrogen-bond acceptors (Lipinski definition) is 6. The fraction of sp³-hybridized carbons (Fsp3) is 0.278. The first-order chi connectivity index (χ1) is 11.7. The molecule has 0 unspecified atom stereocenters. The summed E-state index contributed by atoms with van der Waals surface area (Å²) in [5, 5.41) is 6.22. The number of rotatable bonds is 6. The molecular formula is C18H19N3O2S. The number of fused-ring (bicyclic) bond motifs is 1. The van der Waals surface area contributed by atoms with E-state index in [4.69, 9.17) is 4.74 Å². The number of carbonyl (C=O) groups is 1. The molecule has 0 amide bonds. The Morgan fingerprint density at radius 2 is 2.21 bits per heavy atom. The van der Waals surface area contributed by atoms with E-state index in [1.165, 1.54) is 4.88 Å².